The van der Waals surface area contributed by atoms with Gasteiger partial charge in [0.05, 0.1) is 72.7 Å². The van der Waals surface area contributed by atoms with Gasteiger partial charge in [0.1, 0.15) is 34.8 Å². The van der Waals surface area contributed by atoms with E-state index >= 15 is 4.39 Å². The van der Waals surface area contributed by atoms with E-state index in [1.54, 1.807) is 22.8 Å². The van der Waals surface area contributed by atoms with Crippen LogP contribution in [0.25, 0.3) is 28.0 Å². The fraction of sp³-hybridized carbons (Fsp3) is 0.417. The Kier molecular flexibility index (Phi) is 11.3. The van der Waals surface area contributed by atoms with Crippen molar-refractivity contribution in [3.63, 3.8) is 0 Å². The van der Waals surface area contributed by atoms with E-state index in [9.17, 15) is 14.9 Å². The lowest BCUT2D eigenvalue weighted by Crippen LogP contribution is -2.64. The van der Waals surface area contributed by atoms with Crippen molar-refractivity contribution in [1.29, 1.82) is 5.26 Å². The van der Waals surface area contributed by atoms with Crippen LogP contribution in [0.1, 0.15) is 55.8 Å². The number of carbonyl (C=O) groups excluding carboxylic acids is 2. The Labute approximate surface area is 381 Å². The summed E-state index contributed by atoms with van der Waals surface area (Å²) in [4.78, 5) is 47.9. The van der Waals surface area contributed by atoms with Gasteiger partial charge in [-0.05, 0) is 74.6 Å². The zero-order valence-electron chi connectivity index (χ0n) is 36.5. The number of halogens is 1. The monoisotopic (exact) mass is 890 g/mol. The summed E-state index contributed by atoms with van der Waals surface area (Å²) in [6, 6.07) is 18.1. The molecule has 6 aromatic rings. The van der Waals surface area contributed by atoms with Crippen LogP contribution >= 0.6 is 0 Å². The molecule has 4 saturated heterocycles. The summed E-state index contributed by atoms with van der Waals surface area (Å²) < 4.78 is 25.2. The minimum absolute atomic E-state index is 0.228. The molecule has 1 saturated carbocycles. The summed E-state index contributed by atoms with van der Waals surface area (Å²) in [5.74, 6) is -0.0909. The lowest BCUT2D eigenvalue weighted by Gasteiger charge is -2.50. The maximum atomic E-state index is 15.4. The number of ether oxygens (including phenoxy) is 1. The van der Waals surface area contributed by atoms with E-state index in [-0.39, 0.29) is 42.2 Å². The van der Waals surface area contributed by atoms with Crippen molar-refractivity contribution in [1.82, 2.24) is 49.5 Å². The van der Waals surface area contributed by atoms with Gasteiger partial charge in [-0.2, -0.15) is 15.5 Å². The van der Waals surface area contributed by atoms with Crippen molar-refractivity contribution >= 4 is 34.5 Å². The molecule has 9 heterocycles. The van der Waals surface area contributed by atoms with Crippen molar-refractivity contribution in [2.45, 2.75) is 75.3 Å². The number of imide groups is 1. The van der Waals surface area contributed by atoms with E-state index in [2.05, 4.69) is 63.3 Å². The molecule has 1 aliphatic carbocycles. The molecule has 5 aliphatic rings. The number of nitriles is 1. The third-order valence-corrected chi connectivity index (χ3v) is 14.1. The molecule has 3 unspecified atom stereocenters. The van der Waals surface area contributed by atoms with Crippen molar-refractivity contribution in [2.24, 2.45) is 0 Å². The van der Waals surface area contributed by atoms with Gasteiger partial charge >= 0.3 is 0 Å². The number of hydrogen-bond acceptors (Lipinski definition) is 14. The molecule has 2 N–H and O–H groups in total. The summed E-state index contributed by atoms with van der Waals surface area (Å²) in [7, 11) is 0. The van der Waals surface area contributed by atoms with Crippen LogP contribution in [0.4, 0.5) is 21.6 Å². The first kappa shape index (κ1) is 41.9. The van der Waals surface area contributed by atoms with Crippen LogP contribution in [-0.2, 0) is 20.9 Å². The summed E-state index contributed by atoms with van der Waals surface area (Å²) >= 11 is 0. The number of fused-ring (bicyclic) bond motifs is 3. The molecule has 2 bridgehead atoms. The first-order chi connectivity index (χ1) is 32.3. The summed E-state index contributed by atoms with van der Waals surface area (Å²) in [6.45, 7) is 6.89. The first-order valence-corrected chi connectivity index (χ1v) is 23.0. The van der Waals surface area contributed by atoms with E-state index in [0.29, 0.717) is 59.5 Å². The van der Waals surface area contributed by atoms with Crippen LogP contribution in [0.15, 0.2) is 85.7 Å². The topological polar surface area (TPSA) is 178 Å². The highest BCUT2D eigenvalue weighted by molar-refractivity contribution is 6.01. The number of nitrogens with zero attached hydrogens (tertiary/aromatic N) is 12. The van der Waals surface area contributed by atoms with Crippen LogP contribution in [0.5, 0.6) is 0 Å². The minimum Gasteiger partial charge on any atom is -0.378 e. The maximum absolute atomic E-state index is 15.4. The average Bonchev–Trinajstić information content (AvgIpc) is 4.01. The predicted molar refractivity (Wildman–Crippen MR) is 244 cm³/mol. The number of benzene rings is 1. The second-order valence-electron chi connectivity index (χ2n) is 18.1. The van der Waals surface area contributed by atoms with E-state index in [0.717, 1.165) is 94.1 Å². The second kappa shape index (κ2) is 17.9. The lowest BCUT2D eigenvalue weighted by atomic mass is 9.90. The normalized spacial score (nSPS) is 24.0. The largest absolute Gasteiger partial charge is 0.378 e. The molecule has 3 atom stereocenters. The predicted octanol–water partition coefficient (Wildman–Crippen LogP) is 4.67. The van der Waals surface area contributed by atoms with Crippen LogP contribution < -0.4 is 20.4 Å². The number of carbonyl (C=O) groups is 2. The van der Waals surface area contributed by atoms with Crippen molar-refractivity contribution in [3.05, 3.63) is 103 Å². The maximum Gasteiger partial charge on any atom is 0.249 e. The van der Waals surface area contributed by atoms with Crippen LogP contribution in [0, 0.1) is 17.1 Å². The quantitative estimate of drug-likeness (QED) is 0.181. The third kappa shape index (κ3) is 8.33. The molecule has 0 radical (unpaired) electrons. The SMILES string of the molecule is N#Cc1cnn2cc(-c3cnn([C@H]4CC[C@H](N5CCN(c6ccc(NC7CCC(=O)NC7=O)cc6F)CC5)CC4)c3)nc(-c3ccc(N4CC5COCC(C4)N5Cc4ccccn4)nc3)c12. The molecule has 1 aromatic carbocycles. The molecular weight excluding hydrogens is 840 g/mol. The molecular formula is C48H51FN14O3. The van der Waals surface area contributed by atoms with Gasteiger partial charge in [-0.3, -0.25) is 34.4 Å². The van der Waals surface area contributed by atoms with E-state index < -0.39 is 6.04 Å². The molecule has 4 aliphatic heterocycles. The smallest absolute Gasteiger partial charge is 0.249 e. The Morgan fingerprint density at radius 1 is 0.833 bits per heavy atom. The van der Waals surface area contributed by atoms with Gasteiger partial charge < -0.3 is 19.9 Å². The second-order valence-corrected chi connectivity index (χ2v) is 18.1. The van der Waals surface area contributed by atoms with Crippen LogP contribution in [0.3, 0.4) is 0 Å². The number of anilines is 3. The molecule has 0 spiro atoms. The van der Waals surface area contributed by atoms with Gasteiger partial charge in [-0.15, -0.1) is 0 Å². The average molecular weight is 891 g/mol. The zero-order chi connectivity index (χ0) is 44.7. The first-order valence-electron chi connectivity index (χ1n) is 23.0. The molecule has 11 rings (SSSR count). The molecule has 338 valence electrons. The third-order valence-electron chi connectivity index (χ3n) is 14.1. The number of piperazine rings is 2. The van der Waals surface area contributed by atoms with E-state index in [4.69, 9.17) is 19.8 Å². The Morgan fingerprint density at radius 3 is 2.38 bits per heavy atom. The molecule has 2 amide bonds. The number of hydrogen-bond donors (Lipinski definition) is 2. The number of nitrogens with one attached hydrogen (secondary N) is 2. The number of piperidine rings is 1. The fourth-order valence-corrected chi connectivity index (χ4v) is 10.6. The van der Waals surface area contributed by atoms with Crippen molar-refractivity contribution < 1.29 is 18.7 Å². The summed E-state index contributed by atoms with van der Waals surface area (Å²) in [6.07, 6.45) is 15.8. The van der Waals surface area contributed by atoms with Gasteiger partial charge in [0, 0.05) is 93.7 Å². The highest BCUT2D eigenvalue weighted by Gasteiger charge is 2.39. The van der Waals surface area contributed by atoms with E-state index in [1.807, 2.05) is 49.1 Å². The highest BCUT2D eigenvalue weighted by atomic mass is 19.1. The summed E-state index contributed by atoms with van der Waals surface area (Å²) in [5, 5.41) is 24.8. The zero-order valence-corrected chi connectivity index (χ0v) is 36.5. The minimum atomic E-state index is -0.559. The Bertz CT molecular complexity index is 2760. The molecule has 17 nitrogen and oxygen atoms in total. The number of rotatable bonds is 10. The number of morpholine rings is 1. The van der Waals surface area contributed by atoms with Crippen LogP contribution in [0.2, 0.25) is 0 Å². The van der Waals surface area contributed by atoms with Crippen LogP contribution in [-0.4, -0.2) is 133 Å². The number of pyridine rings is 2. The van der Waals surface area contributed by atoms with Gasteiger partial charge in [0.15, 0.2) is 0 Å². The Morgan fingerprint density at radius 2 is 1.65 bits per heavy atom. The Balaban J connectivity index is 0.722. The fourth-order valence-electron chi connectivity index (χ4n) is 10.6. The number of amides is 2. The molecule has 18 heteroatoms. The van der Waals surface area contributed by atoms with E-state index in [1.165, 1.54) is 6.07 Å². The van der Waals surface area contributed by atoms with Crippen molar-refractivity contribution in [2.75, 3.05) is 67.6 Å². The van der Waals surface area contributed by atoms with Gasteiger partial charge in [-0.25, -0.2) is 18.9 Å². The highest BCUT2D eigenvalue weighted by Crippen LogP contribution is 2.35. The summed E-state index contributed by atoms with van der Waals surface area (Å²) in [5.41, 5.74) is 6.25. The standard InChI is InChI=1S/C48H51FN14O3/c49-40-19-34(55-41-10-13-45(64)57-48(41)65)5-11-43(40)59-17-15-58(16-18-59)36-6-8-37(9-7-36)62-24-33(23-53-62)42-28-63-47(32(20-50)22-54-63)46(56-42)31-4-12-44(52-21-31)60-26-38-29-66-30-39(27-60)61(38)25-35-3-1-2-14-51-35/h1-5,11-12,14,19,21-24,28,36-39,41,55H,6-10,13,15-18,25-27,29-30H2,(H,57,64,65)/t36-,37-,38?,39?,41?. The molecule has 5 aromatic heterocycles. The molecule has 66 heavy (non-hydrogen) atoms. The number of aromatic nitrogens is 7. The van der Waals surface area contributed by atoms with Gasteiger partial charge in [0.2, 0.25) is 11.8 Å². The molecule has 5 fully saturated rings. The van der Waals surface area contributed by atoms with Gasteiger partial charge in [0.25, 0.3) is 0 Å². The lowest BCUT2D eigenvalue weighted by molar-refractivity contribution is -0.133. The Hall–Kier alpha value is -6.81. The van der Waals surface area contributed by atoms with Crippen molar-refractivity contribution in [3.8, 4) is 28.6 Å². The van der Waals surface area contributed by atoms with Gasteiger partial charge in [-0.1, -0.05) is 6.07 Å².